The molecule has 0 spiro atoms. The zero-order valence-corrected chi connectivity index (χ0v) is 25.4. The van der Waals surface area contributed by atoms with Crippen LogP contribution < -0.4 is 10.9 Å². The van der Waals surface area contributed by atoms with Gasteiger partial charge in [-0.25, -0.2) is 4.98 Å². The molecule has 7 nitrogen and oxygen atoms in total. The third kappa shape index (κ3) is 5.75. The summed E-state index contributed by atoms with van der Waals surface area (Å²) in [6.07, 6.45) is 0.966. The van der Waals surface area contributed by atoms with Crippen molar-refractivity contribution in [3.63, 3.8) is 0 Å². The number of aryl methyl sites for hydroxylation is 2. The maximum atomic E-state index is 14.6. The molecule has 2 aromatic heterocycles. The van der Waals surface area contributed by atoms with Crippen LogP contribution in [0.1, 0.15) is 54.1 Å². The van der Waals surface area contributed by atoms with Gasteiger partial charge in [-0.05, 0) is 49.1 Å². The van der Waals surface area contributed by atoms with Crippen molar-refractivity contribution in [3.05, 3.63) is 91.7 Å². The summed E-state index contributed by atoms with van der Waals surface area (Å²) in [5, 5.41) is 6.46. The molecule has 2 aromatic carbocycles. The second-order valence-corrected chi connectivity index (χ2v) is 11.4. The zero-order chi connectivity index (χ0) is 29.1. The van der Waals surface area contributed by atoms with Crippen LogP contribution in [-0.4, -0.2) is 53.6 Å². The number of nitrogens with zero attached hydrogens (tertiary/aromatic N) is 3. The number of piperazine rings is 1. The van der Waals surface area contributed by atoms with Gasteiger partial charge in [0.2, 0.25) is 0 Å². The molecule has 1 N–H and O–H groups in total. The van der Waals surface area contributed by atoms with E-state index in [4.69, 9.17) is 21.3 Å². The van der Waals surface area contributed by atoms with Crippen molar-refractivity contribution >= 4 is 28.8 Å². The minimum Gasteiger partial charge on any atom is -0.375 e. The first kappa shape index (κ1) is 29.2. The molecule has 0 saturated carbocycles. The van der Waals surface area contributed by atoms with Gasteiger partial charge >= 0.3 is 0 Å². The van der Waals surface area contributed by atoms with E-state index in [0.717, 1.165) is 54.0 Å². The van der Waals surface area contributed by atoms with Gasteiger partial charge in [-0.2, -0.15) is 0 Å². The highest BCUT2D eigenvalue weighted by atomic mass is 35.5. The number of para-hydroxylation sites is 1. The van der Waals surface area contributed by atoms with Crippen LogP contribution in [0.15, 0.2) is 58.7 Å². The van der Waals surface area contributed by atoms with Gasteiger partial charge in [-0.15, -0.1) is 11.3 Å². The topological polar surface area (TPSA) is 76.5 Å². The van der Waals surface area contributed by atoms with E-state index in [0.29, 0.717) is 39.9 Å². The highest BCUT2D eigenvalue weighted by molar-refractivity contribution is 7.13. The Labute approximate surface area is 249 Å². The summed E-state index contributed by atoms with van der Waals surface area (Å²) in [4.78, 5) is 35.5. The molecule has 41 heavy (non-hydrogen) atoms. The monoisotopic (exact) mass is 590 g/mol. The largest absolute Gasteiger partial charge is 0.375 e. The van der Waals surface area contributed by atoms with Gasteiger partial charge in [-0.3, -0.25) is 14.2 Å². The van der Waals surface area contributed by atoms with E-state index < -0.39 is 6.10 Å². The molecule has 1 unspecified atom stereocenters. The number of thiazole rings is 1. The van der Waals surface area contributed by atoms with Gasteiger partial charge in [-0.1, -0.05) is 55.8 Å². The average molecular weight is 591 g/mol. The van der Waals surface area contributed by atoms with E-state index >= 15 is 0 Å². The van der Waals surface area contributed by atoms with Crippen molar-refractivity contribution in [2.24, 2.45) is 0 Å². The Morgan fingerprint density at radius 1 is 1.10 bits per heavy atom. The van der Waals surface area contributed by atoms with Crippen molar-refractivity contribution in [2.75, 3.05) is 33.3 Å². The number of carbonyl (C=O) groups excluding carboxylic acids is 1. The fourth-order valence-electron chi connectivity index (χ4n) is 5.38. The highest BCUT2D eigenvalue weighted by Crippen LogP contribution is 2.33. The molecule has 3 heterocycles. The number of hydrogen-bond donors (Lipinski definition) is 1. The molecule has 4 aromatic rings. The molecule has 0 radical (unpaired) electrons. The second kappa shape index (κ2) is 12.7. The Morgan fingerprint density at radius 3 is 2.37 bits per heavy atom. The SMILES string of the molecule is CCc1cccc(CC)c1-n1c(C(C)OC)c(C(=O)N2CCNCC2)cc(-c2nc(-c3ccc(Cl)cc3)cs2)c1=O. The molecule has 1 aliphatic rings. The number of rotatable bonds is 8. The fraction of sp³-hybridized carbons (Fsp3) is 0.344. The summed E-state index contributed by atoms with van der Waals surface area (Å²) < 4.78 is 7.57. The molecular formula is C32H35ClN4O3S. The Kier molecular flexibility index (Phi) is 9.04. The third-order valence-electron chi connectivity index (χ3n) is 7.68. The number of hydrogen-bond acceptors (Lipinski definition) is 6. The molecule has 0 aliphatic carbocycles. The lowest BCUT2D eigenvalue weighted by molar-refractivity contribution is 0.0717. The van der Waals surface area contributed by atoms with Crippen LogP contribution in [0, 0.1) is 0 Å². The first-order valence-electron chi connectivity index (χ1n) is 14.0. The van der Waals surface area contributed by atoms with Gasteiger partial charge in [0.25, 0.3) is 11.5 Å². The van der Waals surface area contributed by atoms with Crippen molar-refractivity contribution < 1.29 is 9.53 Å². The van der Waals surface area contributed by atoms with Crippen LogP contribution in [0.25, 0.3) is 27.5 Å². The maximum absolute atomic E-state index is 14.6. The number of ether oxygens (including phenoxy) is 1. The molecule has 0 bridgehead atoms. The summed E-state index contributed by atoms with van der Waals surface area (Å²) in [6.45, 7) is 8.69. The van der Waals surface area contributed by atoms with E-state index in [9.17, 15) is 9.59 Å². The zero-order valence-electron chi connectivity index (χ0n) is 23.9. The second-order valence-electron chi connectivity index (χ2n) is 10.1. The normalized spacial score (nSPS) is 14.3. The number of benzene rings is 2. The van der Waals surface area contributed by atoms with Gasteiger partial charge in [0.1, 0.15) is 5.01 Å². The summed E-state index contributed by atoms with van der Waals surface area (Å²) in [7, 11) is 1.61. The van der Waals surface area contributed by atoms with Crippen molar-refractivity contribution in [1.29, 1.82) is 0 Å². The van der Waals surface area contributed by atoms with Crippen LogP contribution in [0.5, 0.6) is 0 Å². The van der Waals surface area contributed by atoms with E-state index in [2.05, 4.69) is 31.3 Å². The predicted molar refractivity (Wildman–Crippen MR) is 167 cm³/mol. The summed E-state index contributed by atoms with van der Waals surface area (Å²) in [6, 6.07) is 15.3. The van der Waals surface area contributed by atoms with E-state index in [1.54, 1.807) is 17.7 Å². The number of pyridine rings is 1. The van der Waals surface area contributed by atoms with Crippen LogP contribution in [0.4, 0.5) is 0 Å². The molecule has 1 amide bonds. The molecule has 214 valence electrons. The summed E-state index contributed by atoms with van der Waals surface area (Å²) >= 11 is 7.49. The Morgan fingerprint density at radius 2 is 1.76 bits per heavy atom. The molecule has 9 heteroatoms. The van der Waals surface area contributed by atoms with Gasteiger partial charge in [0.05, 0.1) is 34.3 Å². The van der Waals surface area contributed by atoms with Gasteiger partial charge in [0, 0.05) is 49.3 Å². The molecule has 1 atom stereocenters. The fourth-order valence-corrected chi connectivity index (χ4v) is 6.34. The number of halogens is 1. The number of amides is 1. The van der Waals surface area contributed by atoms with E-state index in [-0.39, 0.29) is 11.5 Å². The quantitative estimate of drug-likeness (QED) is 0.266. The van der Waals surface area contributed by atoms with Crippen LogP contribution in [0.2, 0.25) is 5.02 Å². The van der Waals surface area contributed by atoms with Crippen LogP contribution in [-0.2, 0) is 17.6 Å². The number of carbonyl (C=O) groups is 1. The molecule has 1 saturated heterocycles. The Balaban J connectivity index is 1.81. The minimum atomic E-state index is -0.505. The molecular weight excluding hydrogens is 556 g/mol. The van der Waals surface area contributed by atoms with Gasteiger partial charge in [0.15, 0.2) is 0 Å². The lowest BCUT2D eigenvalue weighted by Gasteiger charge is -2.30. The van der Waals surface area contributed by atoms with Crippen LogP contribution in [0.3, 0.4) is 0 Å². The number of methoxy groups -OCH3 is 1. The first-order chi connectivity index (χ1) is 19.9. The lowest BCUT2D eigenvalue weighted by atomic mass is 9.99. The predicted octanol–water partition coefficient (Wildman–Crippen LogP) is 6.16. The third-order valence-corrected chi connectivity index (χ3v) is 8.80. The average Bonchev–Trinajstić information content (AvgIpc) is 3.50. The van der Waals surface area contributed by atoms with Crippen molar-refractivity contribution in [3.8, 4) is 27.5 Å². The van der Waals surface area contributed by atoms with Crippen molar-refractivity contribution in [1.82, 2.24) is 19.8 Å². The van der Waals surface area contributed by atoms with E-state index in [1.807, 2.05) is 47.5 Å². The van der Waals surface area contributed by atoms with Gasteiger partial charge < -0.3 is 15.0 Å². The summed E-state index contributed by atoms with van der Waals surface area (Å²) in [5.74, 6) is -0.109. The highest BCUT2D eigenvalue weighted by Gasteiger charge is 2.30. The standard InChI is InChI=1S/C32H35ClN4O3S/c1-5-21-8-7-9-22(6-2)29(21)37-28(20(3)40-4)25(31(38)36-16-14-34-15-17-36)18-26(32(37)39)30-35-27(19-41-30)23-10-12-24(33)13-11-23/h7-13,18-20,34H,5-6,14-17H2,1-4H3. The molecule has 1 fully saturated rings. The Hall–Kier alpha value is -3.30. The maximum Gasteiger partial charge on any atom is 0.265 e. The first-order valence-corrected chi connectivity index (χ1v) is 15.3. The molecule has 5 rings (SSSR count). The van der Waals surface area contributed by atoms with Crippen LogP contribution >= 0.6 is 22.9 Å². The lowest BCUT2D eigenvalue weighted by Crippen LogP contribution is -2.47. The summed E-state index contributed by atoms with van der Waals surface area (Å²) in [5.41, 5.74) is 5.77. The Bertz CT molecular complexity index is 1580. The minimum absolute atomic E-state index is 0.109. The van der Waals surface area contributed by atoms with E-state index in [1.165, 1.54) is 11.3 Å². The molecule has 1 aliphatic heterocycles. The smallest absolute Gasteiger partial charge is 0.265 e. The number of nitrogens with one attached hydrogen (secondary N) is 1. The number of aromatic nitrogens is 2. The van der Waals surface area contributed by atoms with Crippen molar-refractivity contribution in [2.45, 2.75) is 39.7 Å².